The van der Waals surface area contributed by atoms with E-state index >= 15 is 0 Å². The van der Waals surface area contributed by atoms with Crippen molar-refractivity contribution in [3.63, 3.8) is 0 Å². The summed E-state index contributed by atoms with van der Waals surface area (Å²) in [5.74, 6) is -0.411. The summed E-state index contributed by atoms with van der Waals surface area (Å²) in [7, 11) is 0. The van der Waals surface area contributed by atoms with Crippen molar-refractivity contribution in [2.45, 2.75) is 6.42 Å². The molecule has 2 N–H and O–H groups in total. The van der Waals surface area contributed by atoms with Crippen molar-refractivity contribution in [1.29, 1.82) is 0 Å². The number of carbonyl (C=O) groups excluding carboxylic acids is 2. The molecule has 18 heavy (non-hydrogen) atoms. The zero-order chi connectivity index (χ0) is 13.4. The van der Waals surface area contributed by atoms with E-state index in [0.29, 0.717) is 17.1 Å². The SMILES string of the molecule is C=CCNC(=O)CCNC(=O)c1ccccc1Cl. The zero-order valence-electron chi connectivity index (χ0n) is 9.91. The highest BCUT2D eigenvalue weighted by Gasteiger charge is 2.09. The summed E-state index contributed by atoms with van der Waals surface area (Å²) in [4.78, 5) is 23.0. The smallest absolute Gasteiger partial charge is 0.252 e. The molecule has 0 atom stereocenters. The molecular weight excluding hydrogens is 252 g/mol. The first-order valence-corrected chi connectivity index (χ1v) is 5.93. The van der Waals surface area contributed by atoms with Crippen molar-refractivity contribution in [2.75, 3.05) is 13.1 Å². The minimum atomic E-state index is -0.280. The van der Waals surface area contributed by atoms with Crippen LogP contribution in [0.4, 0.5) is 0 Å². The van der Waals surface area contributed by atoms with Crippen molar-refractivity contribution in [3.8, 4) is 0 Å². The molecule has 0 fully saturated rings. The van der Waals surface area contributed by atoms with E-state index in [9.17, 15) is 9.59 Å². The minimum absolute atomic E-state index is 0.130. The van der Waals surface area contributed by atoms with Crippen LogP contribution in [0.15, 0.2) is 36.9 Å². The fourth-order valence-electron chi connectivity index (χ4n) is 1.30. The maximum Gasteiger partial charge on any atom is 0.252 e. The van der Waals surface area contributed by atoms with Gasteiger partial charge >= 0.3 is 0 Å². The van der Waals surface area contributed by atoms with Crippen molar-refractivity contribution < 1.29 is 9.59 Å². The molecule has 1 aromatic rings. The molecule has 0 aliphatic rings. The van der Waals surface area contributed by atoms with Gasteiger partial charge in [-0.15, -0.1) is 6.58 Å². The third-order valence-electron chi connectivity index (χ3n) is 2.20. The van der Waals surface area contributed by atoms with Gasteiger partial charge < -0.3 is 10.6 Å². The van der Waals surface area contributed by atoms with Gasteiger partial charge in [0, 0.05) is 19.5 Å². The van der Waals surface area contributed by atoms with E-state index in [1.165, 1.54) is 0 Å². The Bertz CT molecular complexity index is 446. The van der Waals surface area contributed by atoms with Crippen LogP contribution in [0.25, 0.3) is 0 Å². The van der Waals surface area contributed by atoms with Gasteiger partial charge in [-0.2, -0.15) is 0 Å². The second-order valence-electron chi connectivity index (χ2n) is 3.58. The Morgan fingerprint density at radius 3 is 2.67 bits per heavy atom. The Morgan fingerprint density at radius 1 is 1.28 bits per heavy atom. The fraction of sp³-hybridized carbons (Fsp3) is 0.231. The number of carbonyl (C=O) groups is 2. The van der Waals surface area contributed by atoms with Crippen LogP contribution in [0.5, 0.6) is 0 Å². The summed E-state index contributed by atoms with van der Waals surface area (Å²) >= 11 is 5.88. The average Bonchev–Trinajstić information content (AvgIpc) is 2.36. The normalized spacial score (nSPS) is 9.61. The monoisotopic (exact) mass is 266 g/mol. The van der Waals surface area contributed by atoms with E-state index in [4.69, 9.17) is 11.6 Å². The first-order chi connectivity index (χ1) is 8.65. The highest BCUT2D eigenvalue weighted by molar-refractivity contribution is 6.33. The molecule has 5 heteroatoms. The van der Waals surface area contributed by atoms with E-state index in [2.05, 4.69) is 17.2 Å². The van der Waals surface area contributed by atoms with Gasteiger partial charge in [-0.05, 0) is 12.1 Å². The topological polar surface area (TPSA) is 58.2 Å². The largest absolute Gasteiger partial charge is 0.353 e. The predicted octanol–water partition coefficient (Wildman–Crippen LogP) is 1.76. The number of rotatable bonds is 6. The summed E-state index contributed by atoms with van der Waals surface area (Å²) in [6.45, 7) is 4.19. The first kappa shape index (κ1) is 14.3. The van der Waals surface area contributed by atoms with E-state index in [-0.39, 0.29) is 24.8 Å². The lowest BCUT2D eigenvalue weighted by Crippen LogP contribution is -2.30. The minimum Gasteiger partial charge on any atom is -0.353 e. The van der Waals surface area contributed by atoms with Gasteiger partial charge in [0.25, 0.3) is 5.91 Å². The van der Waals surface area contributed by atoms with Gasteiger partial charge in [0.1, 0.15) is 0 Å². The van der Waals surface area contributed by atoms with Crippen LogP contribution >= 0.6 is 11.6 Å². The molecule has 0 spiro atoms. The summed E-state index contributed by atoms with van der Waals surface area (Å²) in [6, 6.07) is 6.77. The molecule has 2 amide bonds. The van der Waals surface area contributed by atoms with E-state index in [0.717, 1.165) is 0 Å². The summed E-state index contributed by atoms with van der Waals surface area (Å²) in [5.41, 5.74) is 0.408. The lowest BCUT2D eigenvalue weighted by atomic mass is 10.2. The van der Waals surface area contributed by atoms with E-state index < -0.39 is 0 Å². The molecule has 0 unspecified atom stereocenters. The third kappa shape index (κ3) is 4.59. The molecule has 1 aromatic carbocycles. The van der Waals surface area contributed by atoms with Crippen molar-refractivity contribution in [2.24, 2.45) is 0 Å². The molecule has 0 saturated carbocycles. The quantitative estimate of drug-likeness (QED) is 0.771. The van der Waals surface area contributed by atoms with Gasteiger partial charge in [0.05, 0.1) is 10.6 Å². The number of hydrogen-bond acceptors (Lipinski definition) is 2. The van der Waals surface area contributed by atoms with Crippen LogP contribution in [-0.2, 0) is 4.79 Å². The lowest BCUT2D eigenvalue weighted by molar-refractivity contribution is -0.120. The molecular formula is C13H15ClN2O2. The maximum atomic E-state index is 11.7. The molecule has 0 heterocycles. The van der Waals surface area contributed by atoms with Crippen molar-refractivity contribution in [1.82, 2.24) is 10.6 Å². The van der Waals surface area contributed by atoms with Crippen molar-refractivity contribution >= 4 is 23.4 Å². The van der Waals surface area contributed by atoms with Crippen LogP contribution in [-0.4, -0.2) is 24.9 Å². The van der Waals surface area contributed by atoms with E-state index in [1.807, 2.05) is 0 Å². The second-order valence-corrected chi connectivity index (χ2v) is 3.99. The third-order valence-corrected chi connectivity index (χ3v) is 2.53. The summed E-state index contributed by atoms with van der Waals surface area (Å²) in [5, 5.41) is 5.65. The maximum absolute atomic E-state index is 11.7. The molecule has 4 nitrogen and oxygen atoms in total. The van der Waals surface area contributed by atoms with Crippen LogP contribution in [0.3, 0.4) is 0 Å². The Morgan fingerprint density at radius 2 is 2.00 bits per heavy atom. The van der Waals surface area contributed by atoms with Crippen LogP contribution in [0.1, 0.15) is 16.8 Å². The van der Waals surface area contributed by atoms with Gasteiger partial charge in [-0.1, -0.05) is 29.8 Å². The molecule has 0 radical (unpaired) electrons. The molecule has 96 valence electrons. The molecule has 1 rings (SSSR count). The van der Waals surface area contributed by atoms with Crippen LogP contribution in [0.2, 0.25) is 5.02 Å². The van der Waals surface area contributed by atoms with Crippen LogP contribution < -0.4 is 10.6 Å². The molecule has 0 saturated heterocycles. The molecule has 0 aliphatic carbocycles. The standard InChI is InChI=1S/C13H15ClN2O2/c1-2-8-15-12(17)7-9-16-13(18)10-5-3-4-6-11(10)14/h2-6H,1,7-9H2,(H,15,17)(H,16,18). The Labute approximate surface area is 111 Å². The number of halogens is 1. The highest BCUT2D eigenvalue weighted by atomic mass is 35.5. The van der Waals surface area contributed by atoms with E-state index in [1.54, 1.807) is 30.3 Å². The Hall–Kier alpha value is -1.81. The average molecular weight is 267 g/mol. The lowest BCUT2D eigenvalue weighted by Gasteiger charge is -2.06. The van der Waals surface area contributed by atoms with Gasteiger partial charge in [0.15, 0.2) is 0 Å². The molecule has 0 aromatic heterocycles. The summed E-state index contributed by atoms with van der Waals surface area (Å²) in [6.07, 6.45) is 1.82. The zero-order valence-corrected chi connectivity index (χ0v) is 10.7. The Balaban J connectivity index is 2.36. The predicted molar refractivity (Wildman–Crippen MR) is 71.6 cm³/mol. The fourth-order valence-corrected chi connectivity index (χ4v) is 1.53. The number of nitrogens with one attached hydrogen (secondary N) is 2. The molecule has 0 bridgehead atoms. The number of benzene rings is 1. The van der Waals surface area contributed by atoms with Gasteiger partial charge in [-0.3, -0.25) is 9.59 Å². The van der Waals surface area contributed by atoms with Gasteiger partial charge in [-0.25, -0.2) is 0 Å². The Kier molecular flexibility index (Phi) is 5.94. The van der Waals surface area contributed by atoms with Crippen LogP contribution in [0, 0.1) is 0 Å². The second kappa shape index (κ2) is 7.50. The van der Waals surface area contributed by atoms with Gasteiger partial charge in [0.2, 0.25) is 5.91 Å². The summed E-state index contributed by atoms with van der Waals surface area (Å²) < 4.78 is 0. The first-order valence-electron chi connectivity index (χ1n) is 5.55. The number of hydrogen-bond donors (Lipinski definition) is 2. The highest BCUT2D eigenvalue weighted by Crippen LogP contribution is 2.14. The molecule has 0 aliphatic heterocycles. The van der Waals surface area contributed by atoms with Crippen molar-refractivity contribution in [3.05, 3.63) is 47.5 Å². The number of amides is 2.